The number of hydrogen-bond acceptors (Lipinski definition) is 2. The number of carbonyl (C=O) groups excluding carboxylic acids is 2. The fraction of sp³-hybridized carbons (Fsp3) is 0.630. The zero-order valence-electron chi connectivity index (χ0n) is 43.7. The lowest BCUT2D eigenvalue weighted by Gasteiger charge is -2.58. The summed E-state index contributed by atoms with van der Waals surface area (Å²) >= 11 is 0. The van der Waals surface area contributed by atoms with Gasteiger partial charge < -0.3 is 10.6 Å². The van der Waals surface area contributed by atoms with Gasteiger partial charge in [0.2, 0.25) is 11.8 Å². The summed E-state index contributed by atoms with van der Waals surface area (Å²) in [6, 6.07) is -12.4. The van der Waals surface area contributed by atoms with Crippen LogP contribution in [0.15, 0.2) is 30.3 Å². The minimum atomic E-state index is -5.95. The second-order valence-corrected chi connectivity index (χ2v) is 7.94. The molecule has 3 aliphatic carbocycles. The Morgan fingerprint density at radius 1 is 1.11 bits per heavy atom. The zero-order valence-corrected chi connectivity index (χ0v) is 17.7. The summed E-state index contributed by atoms with van der Waals surface area (Å²) in [5.74, 6) is -27.9. The summed E-state index contributed by atoms with van der Waals surface area (Å²) in [6.07, 6.45) is -43.9. The molecule has 5 rings (SSSR count). The summed E-state index contributed by atoms with van der Waals surface area (Å²) in [6.45, 7) is -10.2. The smallest absolute Gasteiger partial charge is 0.349 e. The van der Waals surface area contributed by atoms with Crippen molar-refractivity contribution in [1.82, 2.24) is 5.32 Å². The molecule has 1 heterocycles. The van der Waals surface area contributed by atoms with Crippen LogP contribution in [0.3, 0.4) is 0 Å². The van der Waals surface area contributed by atoms with Crippen LogP contribution in [0.2, 0.25) is 0 Å². The molecule has 7 atom stereocenters. The van der Waals surface area contributed by atoms with Crippen molar-refractivity contribution in [2.75, 3.05) is 5.32 Å². The number of amides is 2. The van der Waals surface area contributed by atoms with E-state index in [0.29, 0.717) is 0 Å². The van der Waals surface area contributed by atoms with Crippen molar-refractivity contribution in [2.45, 2.75) is 70.3 Å². The van der Waals surface area contributed by atoms with E-state index in [4.69, 9.17) is 23.3 Å². The fourth-order valence-electron chi connectivity index (χ4n) is 3.85. The molecule has 0 radical (unpaired) electrons. The minimum Gasteiger partial charge on any atom is -0.349 e. The Hall–Kier alpha value is -2.52. The van der Waals surface area contributed by atoms with Gasteiger partial charge in [-0.1, -0.05) is 19.8 Å². The molecule has 0 unspecified atom stereocenters. The molecular weight excluding hydrogens is 498 g/mol. The highest BCUT2D eigenvalue weighted by atomic mass is 19.4. The van der Waals surface area contributed by atoms with Gasteiger partial charge in [-0.05, 0) is 85.6 Å². The van der Waals surface area contributed by atoms with Crippen LogP contribution in [0.25, 0.3) is 0 Å². The molecule has 1 aromatic carbocycles. The van der Waals surface area contributed by atoms with Crippen molar-refractivity contribution in [1.29, 1.82) is 0 Å². The number of fused-ring (bicyclic) bond motifs is 5. The van der Waals surface area contributed by atoms with Gasteiger partial charge in [0, 0.05) is 47.5 Å². The van der Waals surface area contributed by atoms with Crippen molar-refractivity contribution in [2.24, 2.45) is 34.4 Å². The van der Waals surface area contributed by atoms with Crippen LogP contribution < -0.4 is 10.6 Å². The van der Waals surface area contributed by atoms with Gasteiger partial charge in [0.05, 0.1) is 22.3 Å². The van der Waals surface area contributed by atoms with Crippen molar-refractivity contribution < 1.29 is 71.6 Å². The molecule has 2 N–H and O–H groups in total. The number of benzene rings is 1. The Bertz CT molecular complexity index is 2260. The largest absolute Gasteiger partial charge is 0.418 e. The van der Waals surface area contributed by atoms with E-state index in [0.717, 1.165) is 5.32 Å². The number of hydrogen-bond donors (Lipinski definition) is 2. The molecule has 3 fully saturated rings. The van der Waals surface area contributed by atoms with Crippen LogP contribution in [0, 0.1) is 34.4 Å². The highest BCUT2D eigenvalue weighted by molar-refractivity contribution is 5.94. The summed E-state index contributed by atoms with van der Waals surface area (Å²) in [7, 11) is 0. The van der Waals surface area contributed by atoms with Gasteiger partial charge in [-0.3, -0.25) is 9.59 Å². The maximum Gasteiger partial charge on any atom is 0.418 e. The van der Waals surface area contributed by atoms with Gasteiger partial charge in [-0.15, -0.1) is 0 Å². The van der Waals surface area contributed by atoms with Gasteiger partial charge in [-0.2, -0.15) is 26.3 Å². The molecule has 4 aliphatic rings. The normalized spacial score (nSPS) is 66.9. The zero-order chi connectivity index (χ0) is 49.9. The Morgan fingerprint density at radius 2 is 1.89 bits per heavy atom. The first kappa shape index (κ1) is 9.30. The van der Waals surface area contributed by atoms with E-state index >= 15 is 0 Å². The summed E-state index contributed by atoms with van der Waals surface area (Å²) in [4.78, 5) is 27.7. The van der Waals surface area contributed by atoms with Crippen LogP contribution in [-0.2, 0) is 21.9 Å². The van der Waals surface area contributed by atoms with E-state index in [1.54, 1.807) is 0 Å². The number of anilines is 1. The molecule has 2 amide bonds. The molecule has 0 spiro atoms. The van der Waals surface area contributed by atoms with Gasteiger partial charge in [0.15, 0.2) is 0 Å². The van der Waals surface area contributed by atoms with Gasteiger partial charge in [-0.25, -0.2) is 0 Å². The molecule has 202 valence electrons. The van der Waals surface area contributed by atoms with Crippen LogP contribution in [0.4, 0.5) is 32.0 Å². The lowest BCUT2D eigenvalue weighted by atomic mass is 9.48. The van der Waals surface area contributed by atoms with Crippen LogP contribution in [0.1, 0.15) is 98.7 Å². The van der Waals surface area contributed by atoms with Gasteiger partial charge >= 0.3 is 12.4 Å². The van der Waals surface area contributed by atoms with Crippen LogP contribution >= 0.6 is 0 Å². The molecule has 0 aromatic heterocycles. The third-order valence-electron chi connectivity index (χ3n) is 5.62. The lowest BCUT2D eigenvalue weighted by Crippen LogP contribution is -2.59. The topological polar surface area (TPSA) is 58.2 Å². The van der Waals surface area contributed by atoms with Crippen LogP contribution in [0.5, 0.6) is 0 Å². The number of carbonyl (C=O) groups is 2. The van der Waals surface area contributed by atoms with Crippen LogP contribution in [-0.4, -0.2) is 17.8 Å². The summed E-state index contributed by atoms with van der Waals surface area (Å²) in [5, 5.41) is 2.07. The quantitative estimate of drug-likeness (QED) is 0.406. The second kappa shape index (κ2) is 8.50. The summed E-state index contributed by atoms with van der Waals surface area (Å²) < 4.78 is 318. The van der Waals surface area contributed by atoms with Crippen molar-refractivity contribution in [3.05, 3.63) is 41.4 Å². The standard InChI is InChI=1S/C27H30F6N2O2/c1-24-11-9-17-15(4-8-21-25(17,2)12-10-22(36)35-21)16(24)6-7-19(24)23(37)34-20-13-14(26(28,29)30)3-5-18(20)27(31,32)33/h3,5,10,12-13,15-17,19,21H,4,6-9,11H2,1-2H3,(H,34,37)(H,35,36)/t15-,16-,17-,19+,21+,24-,25+/m0/s1/i1D3,2D3,4D2,6D2,7D2,8D2,9D2,10D,11D2,12D,13D,15D,16D,17D,19D,21D. The predicted molar refractivity (Wildman–Crippen MR) is 124 cm³/mol. The first-order chi connectivity index (χ1) is 27.4. The minimum absolute atomic E-state index is 0.354. The molecule has 3 saturated carbocycles. The molecule has 37 heavy (non-hydrogen) atoms. The molecule has 0 bridgehead atoms. The highest BCUT2D eigenvalue weighted by Gasteiger charge is 2.61. The Balaban J connectivity index is 2.17. The average molecular weight is 555 g/mol. The number of rotatable bonds is 2. The van der Waals surface area contributed by atoms with Crippen molar-refractivity contribution in [3.63, 3.8) is 0 Å². The molecule has 10 heteroatoms. The van der Waals surface area contributed by atoms with E-state index in [2.05, 4.69) is 0 Å². The molecule has 1 aromatic rings. The maximum atomic E-state index is 14.7. The van der Waals surface area contributed by atoms with Crippen molar-refractivity contribution in [3.8, 4) is 0 Å². The fourth-order valence-corrected chi connectivity index (χ4v) is 3.85. The monoisotopic (exact) mass is 554 g/mol. The second-order valence-electron chi connectivity index (χ2n) is 7.94. The van der Waals surface area contributed by atoms with Gasteiger partial charge in [0.25, 0.3) is 0 Å². The Kier molecular flexibility index (Phi) is 2.13. The van der Waals surface area contributed by atoms with Gasteiger partial charge in [0.1, 0.15) is 0 Å². The molecule has 0 saturated heterocycles. The van der Waals surface area contributed by atoms with E-state index in [1.807, 2.05) is 0 Å². The Labute approximate surface area is 247 Å². The molecule has 1 aliphatic heterocycles. The van der Waals surface area contributed by atoms with E-state index in [1.165, 1.54) is 5.32 Å². The SMILES string of the molecule is [2H]C1=C([2H])[C@]2(C([2H])([2H])[2H])[C@@]3([2H])C([2H])([2H])C([2H])([2H])[C@@]4(C([2H])([2H])[2H])[C@@]([2H])(C([2H])([2H])C([2H])([2H])[C@]4([2H])C(=O)Nc4c(C(F)(F)F)ccc(C(F)(F)F)c4[2H])[C@]3([2H])C([2H])([2H])C([2H])([2H])[C@@]2([2H])NC1=O. The number of halogens is 6. The third-order valence-corrected chi connectivity index (χ3v) is 5.62. The Morgan fingerprint density at radius 3 is 2.57 bits per heavy atom. The first-order valence-electron chi connectivity index (χ1n) is 23.0. The first-order valence-corrected chi connectivity index (χ1v) is 9.95. The summed E-state index contributed by atoms with van der Waals surface area (Å²) in [5.41, 5.74) is -18.0. The predicted octanol–water partition coefficient (Wildman–Crippen LogP) is 6.58. The van der Waals surface area contributed by atoms with Crippen molar-refractivity contribution >= 4 is 17.5 Å². The lowest BCUT2D eigenvalue weighted by molar-refractivity contribution is -0.141. The highest BCUT2D eigenvalue weighted by Crippen LogP contribution is 2.65. The van der Waals surface area contributed by atoms with E-state index < -0.39 is 158 Å². The third kappa shape index (κ3) is 4.24. The average Bonchev–Trinajstić information content (AvgIpc) is 3.15. The molecular formula is C27H30F6N2O2. The van der Waals surface area contributed by atoms with E-state index in [9.17, 15) is 48.3 Å². The number of nitrogens with one attached hydrogen (secondary N) is 2. The molecule has 4 nitrogen and oxygen atoms in total. The maximum absolute atomic E-state index is 14.7. The number of alkyl halides is 6. The van der Waals surface area contributed by atoms with E-state index in [-0.39, 0.29) is 6.07 Å².